The molecule has 146 valence electrons. The molecule has 3 rings (SSSR count). The smallest absolute Gasteiger partial charge is 0.251 e. The predicted molar refractivity (Wildman–Crippen MR) is 110 cm³/mol. The van der Waals surface area contributed by atoms with Gasteiger partial charge in [0.05, 0.1) is 30.1 Å². The Morgan fingerprint density at radius 2 is 1.04 bits per heavy atom. The normalized spacial score (nSPS) is 11.8. The fourth-order valence-corrected chi connectivity index (χ4v) is 3.82. The average molecular weight is 506 g/mol. The molecule has 0 radical (unpaired) electrons. The van der Waals surface area contributed by atoms with Crippen LogP contribution in [0.4, 0.5) is 13.2 Å². The molecule has 0 amide bonds. The first kappa shape index (κ1) is 21.8. The highest BCUT2D eigenvalue weighted by Gasteiger charge is 2.36. The number of benzene rings is 2. The second kappa shape index (κ2) is 8.10. The fourth-order valence-electron chi connectivity index (χ4n) is 2.52. The molecule has 1 aromatic heterocycles. The zero-order valence-electron chi connectivity index (χ0n) is 13.3. The van der Waals surface area contributed by atoms with Gasteiger partial charge in [-0.05, 0) is 30.3 Å². The number of hydrogen-bond donors (Lipinski definition) is 0. The summed E-state index contributed by atoms with van der Waals surface area (Å²) >= 11 is 36.1. The van der Waals surface area contributed by atoms with Crippen LogP contribution in [0, 0.1) is 0 Å². The maximum absolute atomic E-state index is 13.5. The first-order chi connectivity index (χ1) is 13.0. The summed E-state index contributed by atoms with van der Waals surface area (Å²) in [6.45, 7) is 0. The molecule has 0 saturated heterocycles. The zero-order valence-corrected chi connectivity index (χ0v) is 17.8. The topological polar surface area (TPSA) is 12.9 Å². The second-order valence-electron chi connectivity index (χ2n) is 5.61. The number of nitrogens with zero attached hydrogens (tertiary/aromatic N) is 1. The van der Waals surface area contributed by atoms with Crippen molar-refractivity contribution in [1.29, 1.82) is 0 Å². The Kier molecular flexibility index (Phi) is 6.31. The quantitative estimate of drug-likeness (QED) is 0.316. The molecule has 1 heterocycles. The van der Waals surface area contributed by atoms with E-state index in [-0.39, 0.29) is 46.8 Å². The van der Waals surface area contributed by atoms with E-state index in [1.165, 1.54) is 30.3 Å². The van der Waals surface area contributed by atoms with Crippen LogP contribution in [0.1, 0.15) is 5.69 Å². The van der Waals surface area contributed by atoms with Gasteiger partial charge in [0, 0.05) is 28.5 Å². The summed E-state index contributed by atoms with van der Waals surface area (Å²) in [7, 11) is 0. The van der Waals surface area contributed by atoms with Crippen LogP contribution in [-0.2, 0) is 6.18 Å². The predicted octanol–water partition coefficient (Wildman–Crippen LogP) is 9.35. The number of rotatable bonds is 2. The van der Waals surface area contributed by atoms with Crippen LogP contribution >= 0.6 is 69.6 Å². The largest absolute Gasteiger partial charge is 0.433 e. The first-order valence-corrected chi connectivity index (χ1v) is 9.63. The van der Waals surface area contributed by atoms with Gasteiger partial charge in [0.15, 0.2) is 5.69 Å². The third kappa shape index (κ3) is 4.33. The van der Waals surface area contributed by atoms with E-state index < -0.39 is 11.9 Å². The number of hydrogen-bond acceptors (Lipinski definition) is 1. The van der Waals surface area contributed by atoms with Gasteiger partial charge in [-0.15, -0.1) is 0 Å². The van der Waals surface area contributed by atoms with E-state index in [0.29, 0.717) is 5.56 Å². The highest BCUT2D eigenvalue weighted by atomic mass is 35.5. The molecule has 0 saturated carbocycles. The van der Waals surface area contributed by atoms with Crippen molar-refractivity contribution in [2.45, 2.75) is 6.18 Å². The summed E-state index contributed by atoms with van der Waals surface area (Å²) in [4.78, 5) is 3.59. The van der Waals surface area contributed by atoms with Crippen LogP contribution < -0.4 is 0 Å². The maximum atomic E-state index is 13.5. The molecule has 0 N–H and O–H groups in total. The van der Waals surface area contributed by atoms with E-state index in [4.69, 9.17) is 69.6 Å². The van der Waals surface area contributed by atoms with Gasteiger partial charge in [0.2, 0.25) is 0 Å². The SMILES string of the molecule is FC(F)(F)c1ncc(-c2cc(Cl)c(Cl)cc2Cl)cc1-c1cc(Cl)c(Cl)cc1Cl. The zero-order chi connectivity index (χ0) is 20.8. The van der Waals surface area contributed by atoms with Gasteiger partial charge >= 0.3 is 6.18 Å². The Hall–Kier alpha value is -0.880. The second-order valence-corrected chi connectivity index (χ2v) is 8.05. The van der Waals surface area contributed by atoms with Crippen LogP contribution in [0.5, 0.6) is 0 Å². The molecule has 0 spiro atoms. The Morgan fingerprint density at radius 3 is 1.57 bits per heavy atom. The summed E-state index contributed by atoms with van der Waals surface area (Å²) < 4.78 is 40.6. The summed E-state index contributed by atoms with van der Waals surface area (Å²) in [5, 5.41) is 0.743. The van der Waals surface area contributed by atoms with Crippen molar-refractivity contribution in [3.05, 3.63) is 72.4 Å². The molecule has 0 aliphatic carbocycles. The summed E-state index contributed by atoms with van der Waals surface area (Å²) in [5.41, 5.74) is -0.749. The van der Waals surface area contributed by atoms with E-state index in [2.05, 4.69) is 4.98 Å². The molecular formula is C18H6Cl6F3N. The van der Waals surface area contributed by atoms with Crippen LogP contribution in [0.2, 0.25) is 30.1 Å². The van der Waals surface area contributed by atoms with Gasteiger partial charge in [0.25, 0.3) is 0 Å². The Balaban J connectivity index is 2.31. The molecule has 10 heteroatoms. The van der Waals surface area contributed by atoms with Gasteiger partial charge in [-0.3, -0.25) is 4.98 Å². The molecule has 2 aromatic carbocycles. The summed E-state index contributed by atoms with van der Waals surface area (Å²) in [6.07, 6.45) is -3.69. The van der Waals surface area contributed by atoms with Crippen molar-refractivity contribution in [1.82, 2.24) is 4.98 Å². The fraction of sp³-hybridized carbons (Fsp3) is 0.0556. The van der Waals surface area contributed by atoms with Gasteiger partial charge in [-0.2, -0.15) is 13.2 Å². The monoisotopic (exact) mass is 503 g/mol. The Bertz CT molecular complexity index is 1080. The molecular weight excluding hydrogens is 500 g/mol. The minimum atomic E-state index is -4.73. The number of pyridine rings is 1. The van der Waals surface area contributed by atoms with Crippen LogP contribution in [0.3, 0.4) is 0 Å². The lowest BCUT2D eigenvalue weighted by atomic mass is 9.98. The molecule has 0 bridgehead atoms. The average Bonchev–Trinajstić information content (AvgIpc) is 2.60. The summed E-state index contributed by atoms with van der Waals surface area (Å²) in [5.74, 6) is 0. The van der Waals surface area contributed by atoms with E-state index in [1.54, 1.807) is 0 Å². The molecule has 28 heavy (non-hydrogen) atoms. The molecule has 0 fully saturated rings. The van der Waals surface area contributed by atoms with Crippen LogP contribution in [0.15, 0.2) is 36.5 Å². The van der Waals surface area contributed by atoms with E-state index in [1.807, 2.05) is 0 Å². The van der Waals surface area contributed by atoms with Crippen molar-refractivity contribution in [3.8, 4) is 22.3 Å². The lowest BCUT2D eigenvalue weighted by Crippen LogP contribution is -2.10. The maximum Gasteiger partial charge on any atom is 0.433 e. The molecule has 1 nitrogen and oxygen atoms in total. The van der Waals surface area contributed by atoms with Gasteiger partial charge < -0.3 is 0 Å². The first-order valence-electron chi connectivity index (χ1n) is 7.36. The molecule has 0 unspecified atom stereocenters. The lowest BCUT2D eigenvalue weighted by molar-refractivity contribution is -0.140. The highest BCUT2D eigenvalue weighted by molar-refractivity contribution is 6.44. The van der Waals surface area contributed by atoms with Gasteiger partial charge in [0.1, 0.15) is 0 Å². The molecule has 3 aromatic rings. The van der Waals surface area contributed by atoms with Crippen LogP contribution in [-0.4, -0.2) is 4.98 Å². The van der Waals surface area contributed by atoms with E-state index in [0.717, 1.165) is 6.20 Å². The lowest BCUT2D eigenvalue weighted by Gasteiger charge is -2.16. The third-order valence-corrected chi connectivity index (χ3v) is 5.85. The highest BCUT2D eigenvalue weighted by Crippen LogP contribution is 2.43. The van der Waals surface area contributed by atoms with Crippen molar-refractivity contribution in [2.75, 3.05) is 0 Å². The Labute approximate surface area is 187 Å². The van der Waals surface area contributed by atoms with Gasteiger partial charge in [-0.1, -0.05) is 69.6 Å². The minimum absolute atomic E-state index is 0.0147. The Morgan fingerprint density at radius 1 is 0.571 bits per heavy atom. The standard InChI is InChI=1S/C18H6Cl6F3N/c19-11-4-15(23)13(21)2-8(11)7-1-10(17(28-6-7)18(25,26)27)9-3-14(22)16(24)5-12(9)20/h1-6H. The van der Waals surface area contributed by atoms with E-state index in [9.17, 15) is 13.2 Å². The number of halogens is 9. The molecule has 0 atom stereocenters. The molecule has 0 aliphatic heterocycles. The number of alkyl halides is 3. The van der Waals surface area contributed by atoms with Crippen molar-refractivity contribution in [3.63, 3.8) is 0 Å². The van der Waals surface area contributed by atoms with Crippen LogP contribution in [0.25, 0.3) is 22.3 Å². The van der Waals surface area contributed by atoms with Crippen molar-refractivity contribution in [2.24, 2.45) is 0 Å². The van der Waals surface area contributed by atoms with Crippen molar-refractivity contribution < 1.29 is 13.2 Å². The number of aromatic nitrogens is 1. The van der Waals surface area contributed by atoms with E-state index >= 15 is 0 Å². The third-order valence-electron chi connectivity index (χ3n) is 3.78. The molecule has 0 aliphatic rings. The summed E-state index contributed by atoms with van der Waals surface area (Å²) in [6, 6.07) is 6.60. The van der Waals surface area contributed by atoms with Gasteiger partial charge in [-0.25, -0.2) is 0 Å². The van der Waals surface area contributed by atoms with Crippen molar-refractivity contribution >= 4 is 69.6 Å². The minimum Gasteiger partial charge on any atom is -0.251 e.